The molecule has 7 heavy (non-hydrogen) atoms. The molecule has 0 spiro atoms. The van der Waals surface area contributed by atoms with Crippen molar-refractivity contribution < 1.29 is 9.59 Å². The van der Waals surface area contributed by atoms with Gasteiger partial charge < -0.3 is 0 Å². The first-order valence-corrected chi connectivity index (χ1v) is 4.29. The fraction of sp³-hybridized carbons (Fsp3) is 0.500. The molecule has 0 atom stereocenters. The Bertz CT molecular complexity index is 54.7. The van der Waals surface area contributed by atoms with Gasteiger partial charge in [-0.05, 0) is 0 Å². The number of aldehydes is 2. The van der Waals surface area contributed by atoms with Gasteiger partial charge in [0.2, 0.25) is 0 Å². The molecule has 0 unspecified atom stereocenters. The van der Waals surface area contributed by atoms with Gasteiger partial charge in [0.1, 0.15) is 0 Å². The number of rotatable bonds is 4. The van der Waals surface area contributed by atoms with Gasteiger partial charge in [0.15, 0.2) is 0 Å². The maximum absolute atomic E-state index is 9.58. The molecule has 0 aromatic rings. The average molecular weight is 165 g/mol. The molecule has 40 valence electrons. The Labute approximate surface area is 48.4 Å². The average Bonchev–Trinajstić information content (AvgIpc) is 1.69. The Morgan fingerprint density at radius 3 is 1.86 bits per heavy atom. The first-order chi connectivity index (χ1) is 3.41. The van der Waals surface area contributed by atoms with Crippen molar-refractivity contribution in [3.8, 4) is 0 Å². The zero-order valence-electron chi connectivity index (χ0n) is 3.79. The van der Waals surface area contributed by atoms with E-state index in [9.17, 15) is 9.59 Å². The van der Waals surface area contributed by atoms with E-state index in [4.69, 9.17) is 0 Å². The molecule has 0 amide bonds. The van der Waals surface area contributed by atoms with Gasteiger partial charge >= 0.3 is 47.8 Å². The van der Waals surface area contributed by atoms with Crippen LogP contribution in [0.25, 0.3) is 0 Å². The summed E-state index contributed by atoms with van der Waals surface area (Å²) in [5.74, 6) is 0. The van der Waals surface area contributed by atoms with Crippen molar-refractivity contribution in [1.82, 2.24) is 0 Å². The van der Waals surface area contributed by atoms with Gasteiger partial charge in [-0.1, -0.05) is 0 Å². The monoisotopic (exact) mass is 166 g/mol. The standard InChI is InChI=1S/C4H6O2Se/c5-1-3-7-4-2-6/h1-2H,3-4H2. The van der Waals surface area contributed by atoms with Crippen LogP contribution in [0.15, 0.2) is 0 Å². The zero-order chi connectivity index (χ0) is 5.54. The second-order valence-electron chi connectivity index (χ2n) is 0.871. The molecule has 0 aromatic heterocycles. The predicted octanol–water partition coefficient (Wildman–Crippen LogP) is -0.0750. The van der Waals surface area contributed by atoms with E-state index in [1.165, 1.54) is 0 Å². The summed E-state index contributed by atoms with van der Waals surface area (Å²) in [6, 6.07) is 0. The molecule has 0 aliphatic carbocycles. The Morgan fingerprint density at radius 2 is 1.57 bits per heavy atom. The van der Waals surface area contributed by atoms with Crippen LogP contribution in [-0.4, -0.2) is 27.5 Å². The summed E-state index contributed by atoms with van der Waals surface area (Å²) in [5, 5.41) is 1.15. The number of hydrogen-bond donors (Lipinski definition) is 0. The van der Waals surface area contributed by atoms with Crippen LogP contribution in [0.3, 0.4) is 0 Å². The van der Waals surface area contributed by atoms with Crippen LogP contribution in [-0.2, 0) is 9.59 Å². The van der Waals surface area contributed by atoms with Crippen molar-refractivity contribution in [2.24, 2.45) is 0 Å². The normalized spacial score (nSPS) is 8.00. The van der Waals surface area contributed by atoms with Crippen molar-refractivity contribution in [1.29, 1.82) is 0 Å². The van der Waals surface area contributed by atoms with E-state index in [0.717, 1.165) is 12.6 Å². The molecular weight excluding hydrogens is 159 g/mol. The predicted molar refractivity (Wildman–Crippen MR) is 27.5 cm³/mol. The van der Waals surface area contributed by atoms with Gasteiger partial charge in [-0.25, -0.2) is 0 Å². The molecule has 0 radical (unpaired) electrons. The Hall–Kier alpha value is -0.141. The topological polar surface area (TPSA) is 34.1 Å². The molecule has 0 N–H and O–H groups in total. The molecular formula is C4H6O2Se. The van der Waals surface area contributed by atoms with Crippen LogP contribution < -0.4 is 0 Å². The van der Waals surface area contributed by atoms with Gasteiger partial charge in [-0.15, -0.1) is 0 Å². The summed E-state index contributed by atoms with van der Waals surface area (Å²) >= 11 is 0.240. The summed E-state index contributed by atoms with van der Waals surface area (Å²) < 4.78 is 0. The molecule has 0 aliphatic rings. The molecule has 0 aromatic carbocycles. The zero-order valence-corrected chi connectivity index (χ0v) is 5.51. The summed E-state index contributed by atoms with van der Waals surface area (Å²) in [6.07, 6.45) is 1.70. The van der Waals surface area contributed by atoms with Crippen LogP contribution in [0.4, 0.5) is 0 Å². The van der Waals surface area contributed by atoms with Crippen LogP contribution in [0.5, 0.6) is 0 Å². The molecule has 0 heterocycles. The minimum atomic E-state index is 0.240. The van der Waals surface area contributed by atoms with Crippen LogP contribution >= 0.6 is 0 Å². The van der Waals surface area contributed by atoms with Crippen molar-refractivity contribution in [2.75, 3.05) is 0 Å². The van der Waals surface area contributed by atoms with Crippen LogP contribution in [0, 0.1) is 0 Å². The molecule has 0 bridgehead atoms. The van der Waals surface area contributed by atoms with Crippen molar-refractivity contribution in [3.63, 3.8) is 0 Å². The van der Waals surface area contributed by atoms with Gasteiger partial charge in [0.25, 0.3) is 0 Å². The van der Waals surface area contributed by atoms with E-state index < -0.39 is 0 Å². The van der Waals surface area contributed by atoms with Crippen molar-refractivity contribution >= 4 is 27.5 Å². The van der Waals surface area contributed by atoms with Gasteiger partial charge in [0.05, 0.1) is 0 Å². The summed E-state index contributed by atoms with van der Waals surface area (Å²) in [5.41, 5.74) is 0. The van der Waals surface area contributed by atoms with Gasteiger partial charge in [-0.3, -0.25) is 0 Å². The first kappa shape index (κ1) is 6.86. The molecule has 0 saturated heterocycles. The van der Waals surface area contributed by atoms with E-state index in [0.29, 0.717) is 10.6 Å². The number of hydrogen-bond acceptors (Lipinski definition) is 2. The quantitative estimate of drug-likeness (QED) is 0.332. The van der Waals surface area contributed by atoms with Gasteiger partial charge in [0, 0.05) is 0 Å². The second kappa shape index (κ2) is 5.86. The van der Waals surface area contributed by atoms with E-state index in [1.54, 1.807) is 0 Å². The van der Waals surface area contributed by atoms with Crippen molar-refractivity contribution in [3.05, 3.63) is 0 Å². The Balaban J connectivity index is 2.68. The van der Waals surface area contributed by atoms with E-state index in [-0.39, 0.29) is 15.0 Å². The molecule has 3 heteroatoms. The van der Waals surface area contributed by atoms with E-state index in [2.05, 4.69) is 0 Å². The third kappa shape index (κ3) is 5.86. The molecule has 0 aliphatic heterocycles. The van der Waals surface area contributed by atoms with Gasteiger partial charge in [-0.2, -0.15) is 0 Å². The second-order valence-corrected chi connectivity index (χ2v) is 3.13. The fourth-order valence-electron chi connectivity index (χ4n) is 0.164. The molecule has 0 saturated carbocycles. The third-order valence-corrected chi connectivity index (χ3v) is 1.93. The summed E-state index contributed by atoms with van der Waals surface area (Å²) in [4.78, 5) is 19.2. The SMILES string of the molecule is O=CC[Se]CC=O. The van der Waals surface area contributed by atoms with Crippen LogP contribution in [0.1, 0.15) is 0 Å². The maximum atomic E-state index is 9.58. The number of carbonyl (C=O) groups excluding carboxylic acids is 2. The summed E-state index contributed by atoms with van der Waals surface area (Å²) in [6.45, 7) is 0. The van der Waals surface area contributed by atoms with E-state index >= 15 is 0 Å². The third-order valence-electron chi connectivity index (χ3n) is 0.372. The van der Waals surface area contributed by atoms with E-state index in [1.807, 2.05) is 0 Å². The first-order valence-electron chi connectivity index (χ1n) is 1.87. The Morgan fingerprint density at radius 1 is 1.14 bits per heavy atom. The van der Waals surface area contributed by atoms with Crippen molar-refractivity contribution in [2.45, 2.75) is 10.6 Å². The molecule has 0 rings (SSSR count). The van der Waals surface area contributed by atoms with Crippen LogP contribution in [0.2, 0.25) is 10.6 Å². The Kier molecular flexibility index (Phi) is 5.74. The summed E-state index contributed by atoms with van der Waals surface area (Å²) in [7, 11) is 0. The number of carbonyl (C=O) groups is 2. The fourth-order valence-corrected chi connectivity index (χ4v) is 0.854. The molecule has 0 fully saturated rings. The minimum absolute atomic E-state index is 0.240. The molecule has 2 nitrogen and oxygen atoms in total.